The third-order valence-electron chi connectivity index (χ3n) is 2.85. The normalized spacial score (nSPS) is 10.6. The van der Waals surface area contributed by atoms with E-state index in [0.29, 0.717) is 11.7 Å². The van der Waals surface area contributed by atoms with Gasteiger partial charge in [-0.25, -0.2) is 9.37 Å². The SMILES string of the molecule is Fc1ccc(COc2ccnn2-c2ccccn2)cc1Cl. The maximum absolute atomic E-state index is 13.1. The zero-order valence-electron chi connectivity index (χ0n) is 10.9. The summed E-state index contributed by atoms with van der Waals surface area (Å²) >= 11 is 5.74. The molecule has 2 heterocycles. The van der Waals surface area contributed by atoms with Crippen LogP contribution in [0.4, 0.5) is 4.39 Å². The van der Waals surface area contributed by atoms with Crippen molar-refractivity contribution >= 4 is 11.6 Å². The minimum atomic E-state index is -0.445. The molecule has 0 amide bonds. The maximum Gasteiger partial charge on any atom is 0.218 e. The monoisotopic (exact) mass is 303 g/mol. The second-order valence-corrected chi connectivity index (χ2v) is 4.71. The van der Waals surface area contributed by atoms with Crippen LogP contribution in [-0.4, -0.2) is 14.8 Å². The Labute approximate surface area is 125 Å². The molecule has 0 aliphatic rings. The first-order valence-electron chi connectivity index (χ1n) is 6.26. The molecule has 0 saturated heterocycles. The van der Waals surface area contributed by atoms with Crippen molar-refractivity contribution in [2.75, 3.05) is 0 Å². The summed E-state index contributed by atoms with van der Waals surface area (Å²) in [5.41, 5.74) is 0.773. The van der Waals surface area contributed by atoms with Crippen molar-refractivity contribution in [3.05, 3.63) is 71.3 Å². The van der Waals surface area contributed by atoms with Crippen molar-refractivity contribution in [1.82, 2.24) is 14.8 Å². The Bertz CT molecular complexity index is 746. The summed E-state index contributed by atoms with van der Waals surface area (Å²) in [5.74, 6) is 0.766. The highest BCUT2D eigenvalue weighted by atomic mass is 35.5. The first-order chi connectivity index (χ1) is 10.2. The lowest BCUT2D eigenvalue weighted by Crippen LogP contribution is -2.04. The highest BCUT2D eigenvalue weighted by Crippen LogP contribution is 2.19. The van der Waals surface area contributed by atoms with Gasteiger partial charge in [-0.3, -0.25) is 0 Å². The Morgan fingerprint density at radius 2 is 2.05 bits per heavy atom. The van der Waals surface area contributed by atoms with Gasteiger partial charge in [-0.05, 0) is 29.8 Å². The molecule has 0 fully saturated rings. The Hall–Kier alpha value is -2.40. The molecule has 0 saturated carbocycles. The van der Waals surface area contributed by atoms with Crippen molar-refractivity contribution in [3.63, 3.8) is 0 Å². The second kappa shape index (κ2) is 5.93. The molecule has 0 unspecified atom stereocenters. The van der Waals surface area contributed by atoms with Gasteiger partial charge in [-0.2, -0.15) is 9.78 Å². The molecule has 4 nitrogen and oxygen atoms in total. The lowest BCUT2D eigenvalue weighted by atomic mass is 10.2. The van der Waals surface area contributed by atoms with Crippen molar-refractivity contribution < 1.29 is 9.13 Å². The van der Waals surface area contributed by atoms with E-state index in [1.165, 1.54) is 6.07 Å². The zero-order valence-corrected chi connectivity index (χ0v) is 11.7. The van der Waals surface area contributed by atoms with E-state index in [1.54, 1.807) is 35.3 Å². The van der Waals surface area contributed by atoms with Crippen LogP contribution in [0.3, 0.4) is 0 Å². The highest BCUT2D eigenvalue weighted by molar-refractivity contribution is 6.30. The summed E-state index contributed by atoms with van der Waals surface area (Å²) in [7, 11) is 0. The molecule has 21 heavy (non-hydrogen) atoms. The number of aromatic nitrogens is 3. The van der Waals surface area contributed by atoms with E-state index in [9.17, 15) is 4.39 Å². The molecule has 106 valence electrons. The van der Waals surface area contributed by atoms with Gasteiger partial charge in [0.15, 0.2) is 5.82 Å². The van der Waals surface area contributed by atoms with Gasteiger partial charge >= 0.3 is 0 Å². The van der Waals surface area contributed by atoms with Gasteiger partial charge in [0.2, 0.25) is 5.88 Å². The van der Waals surface area contributed by atoms with E-state index in [1.807, 2.05) is 18.2 Å². The fourth-order valence-corrected chi connectivity index (χ4v) is 2.04. The Morgan fingerprint density at radius 1 is 1.14 bits per heavy atom. The lowest BCUT2D eigenvalue weighted by Gasteiger charge is -2.09. The minimum Gasteiger partial charge on any atom is -0.473 e. The van der Waals surface area contributed by atoms with Crippen molar-refractivity contribution in [2.24, 2.45) is 0 Å². The highest BCUT2D eigenvalue weighted by Gasteiger charge is 2.08. The topological polar surface area (TPSA) is 39.9 Å². The summed E-state index contributed by atoms with van der Waals surface area (Å²) in [4.78, 5) is 4.21. The summed E-state index contributed by atoms with van der Waals surface area (Å²) in [6.07, 6.45) is 3.31. The van der Waals surface area contributed by atoms with Gasteiger partial charge < -0.3 is 4.74 Å². The third kappa shape index (κ3) is 3.03. The van der Waals surface area contributed by atoms with Gasteiger partial charge in [-0.1, -0.05) is 23.7 Å². The van der Waals surface area contributed by atoms with Crippen molar-refractivity contribution in [2.45, 2.75) is 6.61 Å². The Morgan fingerprint density at radius 3 is 2.81 bits per heavy atom. The summed E-state index contributed by atoms with van der Waals surface area (Å²) in [5, 5.41) is 4.25. The molecule has 3 rings (SSSR count). The van der Waals surface area contributed by atoms with Gasteiger partial charge in [0.05, 0.1) is 11.2 Å². The molecule has 3 aromatic rings. The van der Waals surface area contributed by atoms with Crippen LogP contribution in [0.25, 0.3) is 5.82 Å². The number of hydrogen-bond acceptors (Lipinski definition) is 3. The second-order valence-electron chi connectivity index (χ2n) is 4.31. The maximum atomic E-state index is 13.1. The average molecular weight is 304 g/mol. The van der Waals surface area contributed by atoms with E-state index in [0.717, 1.165) is 5.56 Å². The Kier molecular flexibility index (Phi) is 3.83. The van der Waals surface area contributed by atoms with Crippen LogP contribution in [0, 0.1) is 5.82 Å². The number of pyridine rings is 1. The summed E-state index contributed by atoms with van der Waals surface area (Å²) < 4.78 is 20.4. The molecular formula is C15H11ClFN3O. The van der Waals surface area contributed by atoms with Crippen LogP contribution in [0.2, 0.25) is 5.02 Å². The molecule has 0 radical (unpaired) electrons. The number of benzene rings is 1. The van der Waals surface area contributed by atoms with E-state index < -0.39 is 5.82 Å². The quantitative estimate of drug-likeness (QED) is 0.739. The molecule has 0 spiro atoms. The summed E-state index contributed by atoms with van der Waals surface area (Å²) in [6.45, 7) is 0.262. The average Bonchev–Trinajstić information content (AvgIpc) is 2.98. The van der Waals surface area contributed by atoms with Gasteiger partial charge in [0, 0.05) is 12.3 Å². The van der Waals surface area contributed by atoms with Crippen LogP contribution in [0.15, 0.2) is 54.9 Å². The Balaban J connectivity index is 1.77. The van der Waals surface area contributed by atoms with E-state index in [2.05, 4.69) is 10.1 Å². The molecule has 6 heteroatoms. The lowest BCUT2D eigenvalue weighted by molar-refractivity contribution is 0.284. The molecule has 0 aliphatic heterocycles. The van der Waals surface area contributed by atoms with Crippen molar-refractivity contribution in [3.8, 4) is 11.7 Å². The van der Waals surface area contributed by atoms with Crippen molar-refractivity contribution in [1.29, 1.82) is 0 Å². The van der Waals surface area contributed by atoms with Crippen LogP contribution in [0.1, 0.15) is 5.56 Å². The number of ether oxygens (including phenoxy) is 1. The van der Waals surface area contributed by atoms with E-state index in [-0.39, 0.29) is 11.6 Å². The summed E-state index contributed by atoms with van der Waals surface area (Å²) in [6, 6.07) is 11.7. The third-order valence-corrected chi connectivity index (χ3v) is 3.13. The molecule has 0 atom stereocenters. The molecule has 2 aromatic heterocycles. The fraction of sp³-hybridized carbons (Fsp3) is 0.0667. The number of rotatable bonds is 4. The number of nitrogens with zero attached hydrogens (tertiary/aromatic N) is 3. The number of halogens is 2. The zero-order chi connectivity index (χ0) is 14.7. The largest absolute Gasteiger partial charge is 0.473 e. The van der Waals surface area contributed by atoms with Crippen LogP contribution < -0.4 is 4.74 Å². The van der Waals surface area contributed by atoms with Crippen LogP contribution in [-0.2, 0) is 6.61 Å². The molecule has 1 aromatic carbocycles. The standard InChI is InChI=1S/C15H11ClFN3O/c16-12-9-11(4-5-13(12)17)10-21-15-6-8-19-20(15)14-3-1-2-7-18-14/h1-9H,10H2. The molecule has 0 bridgehead atoms. The minimum absolute atomic E-state index is 0.0781. The molecular weight excluding hydrogens is 293 g/mol. The van der Waals surface area contributed by atoms with Crippen LogP contribution in [0.5, 0.6) is 5.88 Å². The van der Waals surface area contributed by atoms with E-state index in [4.69, 9.17) is 16.3 Å². The first kappa shape index (κ1) is 13.6. The predicted octanol–water partition coefficient (Wildman–Crippen LogP) is 3.64. The van der Waals surface area contributed by atoms with Crippen LogP contribution >= 0.6 is 11.6 Å². The van der Waals surface area contributed by atoms with E-state index >= 15 is 0 Å². The molecule has 0 N–H and O–H groups in total. The predicted molar refractivity (Wildman–Crippen MR) is 77.1 cm³/mol. The van der Waals surface area contributed by atoms with Gasteiger partial charge in [0.25, 0.3) is 0 Å². The fourth-order valence-electron chi connectivity index (χ4n) is 1.84. The number of hydrogen-bond donors (Lipinski definition) is 0. The van der Waals surface area contributed by atoms with Gasteiger partial charge in [-0.15, -0.1) is 0 Å². The van der Waals surface area contributed by atoms with Gasteiger partial charge in [0.1, 0.15) is 12.4 Å². The smallest absolute Gasteiger partial charge is 0.218 e. The molecule has 0 aliphatic carbocycles. The first-order valence-corrected chi connectivity index (χ1v) is 6.64.